The number of rotatable bonds is 9. The zero-order valence-corrected chi connectivity index (χ0v) is 18.1. The molecule has 1 heterocycles. The van der Waals surface area contributed by atoms with Gasteiger partial charge in [0.25, 0.3) is 5.56 Å². The Balaban J connectivity index is 1.38. The molecule has 0 aliphatic rings. The molecule has 168 valence electrons. The number of aliphatic carboxylic acids is 1. The van der Waals surface area contributed by atoms with Crippen LogP contribution in [-0.2, 0) is 11.2 Å². The van der Waals surface area contributed by atoms with Crippen molar-refractivity contribution in [2.75, 3.05) is 6.61 Å². The lowest BCUT2D eigenvalue weighted by molar-refractivity contribution is -0.145. The summed E-state index contributed by atoms with van der Waals surface area (Å²) < 4.78 is 12.9. The van der Waals surface area contributed by atoms with Gasteiger partial charge in [-0.3, -0.25) is 4.79 Å². The molecule has 1 N–H and O–H groups in total. The van der Waals surface area contributed by atoms with Crippen molar-refractivity contribution in [3.63, 3.8) is 0 Å². The topological polar surface area (TPSA) is 90.7 Å². The molecular formula is C26H24N2O5. The summed E-state index contributed by atoms with van der Waals surface area (Å²) in [4.78, 5) is 24.3. The van der Waals surface area contributed by atoms with Crippen LogP contribution in [0.1, 0.15) is 18.5 Å². The molecule has 0 bridgehead atoms. The molecule has 2 unspecified atom stereocenters. The van der Waals surface area contributed by atoms with Gasteiger partial charge in [-0.1, -0.05) is 48.5 Å². The second-order valence-corrected chi connectivity index (χ2v) is 7.75. The van der Waals surface area contributed by atoms with E-state index in [1.54, 1.807) is 48.7 Å². The number of hydrogen-bond donors (Lipinski definition) is 1. The number of aromatic nitrogens is 2. The normalized spacial score (nSPS) is 12.8. The highest BCUT2D eigenvalue weighted by molar-refractivity contribution is 5.80. The van der Waals surface area contributed by atoms with Crippen molar-refractivity contribution in [2.24, 2.45) is 0 Å². The molecule has 4 rings (SSSR count). The molecule has 2 atom stereocenters. The van der Waals surface area contributed by atoms with Gasteiger partial charge in [0.1, 0.15) is 18.1 Å². The van der Waals surface area contributed by atoms with Crippen LogP contribution in [0.2, 0.25) is 0 Å². The minimum absolute atomic E-state index is 0.155. The average molecular weight is 444 g/mol. The van der Waals surface area contributed by atoms with Crippen LogP contribution in [0.5, 0.6) is 11.5 Å². The Morgan fingerprint density at radius 1 is 0.970 bits per heavy atom. The van der Waals surface area contributed by atoms with Crippen molar-refractivity contribution in [1.29, 1.82) is 0 Å². The molecule has 0 saturated heterocycles. The molecule has 0 saturated carbocycles. The fourth-order valence-electron chi connectivity index (χ4n) is 3.48. The summed E-state index contributed by atoms with van der Waals surface area (Å²) in [5.74, 6) is 0.105. The Bertz CT molecular complexity index is 1290. The molecule has 0 aliphatic carbocycles. The molecule has 33 heavy (non-hydrogen) atoms. The first kappa shape index (κ1) is 22.1. The Labute approximate surface area is 190 Å². The molecule has 0 fully saturated rings. The average Bonchev–Trinajstić information content (AvgIpc) is 2.84. The predicted octanol–water partition coefficient (Wildman–Crippen LogP) is 4.11. The van der Waals surface area contributed by atoms with Crippen molar-refractivity contribution < 1.29 is 19.4 Å². The van der Waals surface area contributed by atoms with Gasteiger partial charge >= 0.3 is 5.97 Å². The van der Waals surface area contributed by atoms with Crippen molar-refractivity contribution >= 4 is 16.7 Å². The third-order valence-corrected chi connectivity index (χ3v) is 5.27. The molecule has 0 radical (unpaired) electrons. The van der Waals surface area contributed by atoms with E-state index in [-0.39, 0.29) is 24.6 Å². The molecule has 0 amide bonds. The van der Waals surface area contributed by atoms with Crippen LogP contribution in [0.15, 0.2) is 89.9 Å². The lowest BCUT2D eigenvalue weighted by Crippen LogP contribution is -2.29. The monoisotopic (exact) mass is 444 g/mol. The maximum Gasteiger partial charge on any atom is 0.345 e. The van der Waals surface area contributed by atoms with E-state index < -0.39 is 12.1 Å². The second kappa shape index (κ2) is 9.99. The molecule has 0 aliphatic heterocycles. The number of benzene rings is 3. The van der Waals surface area contributed by atoms with Crippen LogP contribution in [0.25, 0.3) is 10.8 Å². The highest BCUT2D eigenvalue weighted by Gasteiger charge is 2.20. The summed E-state index contributed by atoms with van der Waals surface area (Å²) in [6.45, 7) is 2.13. The SMILES string of the molecule is CC(COc1ccc(CC(Oc2ccccc2)C(=O)O)cc1)n1ncc2ccccc2c1=O. The zero-order chi connectivity index (χ0) is 23.2. The quantitative estimate of drug-likeness (QED) is 0.418. The number of nitrogens with zero attached hydrogens (tertiary/aromatic N) is 2. The van der Waals surface area contributed by atoms with Crippen molar-refractivity contribution in [3.8, 4) is 11.5 Å². The number of fused-ring (bicyclic) bond motifs is 1. The van der Waals surface area contributed by atoms with Gasteiger partial charge in [-0.15, -0.1) is 0 Å². The van der Waals surface area contributed by atoms with Crippen molar-refractivity contribution in [1.82, 2.24) is 9.78 Å². The van der Waals surface area contributed by atoms with E-state index in [1.807, 2.05) is 43.3 Å². The third-order valence-electron chi connectivity index (χ3n) is 5.27. The number of carboxylic acid groups (broad SMARTS) is 1. The van der Waals surface area contributed by atoms with E-state index >= 15 is 0 Å². The largest absolute Gasteiger partial charge is 0.491 e. The predicted molar refractivity (Wildman–Crippen MR) is 125 cm³/mol. The molecule has 0 spiro atoms. The minimum Gasteiger partial charge on any atom is -0.491 e. The maximum absolute atomic E-state index is 12.7. The van der Waals surface area contributed by atoms with Crippen molar-refractivity contribution in [3.05, 3.63) is 101 Å². The highest BCUT2D eigenvalue weighted by Crippen LogP contribution is 2.18. The Morgan fingerprint density at radius 2 is 1.67 bits per heavy atom. The number of carbonyl (C=O) groups is 1. The lowest BCUT2D eigenvalue weighted by atomic mass is 10.1. The number of hydrogen-bond acceptors (Lipinski definition) is 5. The van der Waals surface area contributed by atoms with Crippen LogP contribution >= 0.6 is 0 Å². The maximum atomic E-state index is 12.7. The summed E-state index contributed by atoms with van der Waals surface area (Å²) in [6, 6.07) is 23.1. The van der Waals surface area contributed by atoms with Gasteiger partial charge in [0, 0.05) is 11.8 Å². The smallest absolute Gasteiger partial charge is 0.345 e. The standard InChI is InChI=1S/C26H24N2O5/c1-18(28-25(29)23-10-6-5-7-20(23)16-27-28)17-32-21-13-11-19(12-14-21)15-24(26(30)31)33-22-8-3-2-4-9-22/h2-14,16,18,24H,15,17H2,1H3,(H,30,31). The third kappa shape index (κ3) is 5.38. The van der Waals surface area contributed by atoms with Crippen LogP contribution < -0.4 is 15.0 Å². The molecule has 4 aromatic rings. The molecule has 7 heteroatoms. The Morgan fingerprint density at radius 3 is 2.39 bits per heavy atom. The summed E-state index contributed by atoms with van der Waals surface area (Å²) in [5.41, 5.74) is 0.656. The number of carboxylic acids is 1. The van der Waals surface area contributed by atoms with E-state index in [1.165, 1.54) is 4.68 Å². The second-order valence-electron chi connectivity index (χ2n) is 7.75. The van der Waals surface area contributed by atoms with Crippen LogP contribution in [0.3, 0.4) is 0 Å². The first-order valence-electron chi connectivity index (χ1n) is 10.6. The van der Waals surface area contributed by atoms with Gasteiger partial charge < -0.3 is 14.6 Å². The van der Waals surface area contributed by atoms with E-state index in [0.717, 1.165) is 10.9 Å². The van der Waals surface area contributed by atoms with E-state index in [9.17, 15) is 14.7 Å². The molecule has 1 aromatic heterocycles. The first-order valence-corrected chi connectivity index (χ1v) is 10.6. The van der Waals surface area contributed by atoms with Crippen LogP contribution in [0, 0.1) is 0 Å². The first-order chi connectivity index (χ1) is 16.0. The van der Waals surface area contributed by atoms with Gasteiger partial charge in [0.15, 0.2) is 6.10 Å². The van der Waals surface area contributed by atoms with Gasteiger partial charge in [0.05, 0.1) is 17.6 Å². The molecule has 7 nitrogen and oxygen atoms in total. The van der Waals surface area contributed by atoms with E-state index in [0.29, 0.717) is 16.9 Å². The number of para-hydroxylation sites is 1. The Kier molecular flexibility index (Phi) is 6.69. The number of ether oxygens (including phenoxy) is 2. The van der Waals surface area contributed by atoms with Gasteiger partial charge in [0.2, 0.25) is 0 Å². The van der Waals surface area contributed by atoms with Crippen molar-refractivity contribution in [2.45, 2.75) is 25.5 Å². The molecule has 3 aromatic carbocycles. The summed E-state index contributed by atoms with van der Waals surface area (Å²) in [6.07, 6.45) is 0.903. The molecular weight excluding hydrogens is 420 g/mol. The van der Waals surface area contributed by atoms with Gasteiger partial charge in [-0.05, 0) is 42.8 Å². The summed E-state index contributed by atoms with van der Waals surface area (Å²) >= 11 is 0. The Hall–Kier alpha value is -4.13. The van der Waals surface area contributed by atoms with Gasteiger partial charge in [-0.2, -0.15) is 5.10 Å². The fourth-order valence-corrected chi connectivity index (χ4v) is 3.48. The fraction of sp³-hybridized carbons (Fsp3) is 0.192. The summed E-state index contributed by atoms with van der Waals surface area (Å²) in [5, 5.41) is 15.2. The van der Waals surface area contributed by atoms with E-state index in [4.69, 9.17) is 9.47 Å². The van der Waals surface area contributed by atoms with Crippen LogP contribution in [-0.4, -0.2) is 33.6 Å². The van der Waals surface area contributed by atoms with Gasteiger partial charge in [-0.25, -0.2) is 9.48 Å². The van der Waals surface area contributed by atoms with E-state index in [2.05, 4.69) is 5.10 Å². The van der Waals surface area contributed by atoms with Crippen LogP contribution in [0.4, 0.5) is 0 Å². The minimum atomic E-state index is -1.03. The summed E-state index contributed by atoms with van der Waals surface area (Å²) in [7, 11) is 0. The zero-order valence-electron chi connectivity index (χ0n) is 18.1. The highest BCUT2D eigenvalue weighted by atomic mass is 16.5. The lowest BCUT2D eigenvalue weighted by Gasteiger charge is -2.17.